The number of tetrazole rings is 1. The van der Waals surface area contributed by atoms with Crippen LogP contribution in [0.3, 0.4) is 0 Å². The van der Waals surface area contributed by atoms with E-state index in [-0.39, 0.29) is 17.1 Å². The minimum Gasteiger partial charge on any atom is -0.322 e. The van der Waals surface area contributed by atoms with Gasteiger partial charge in [-0.1, -0.05) is 18.1 Å². The van der Waals surface area contributed by atoms with E-state index in [1.807, 2.05) is 22.9 Å². The van der Waals surface area contributed by atoms with E-state index in [2.05, 4.69) is 59.2 Å². The molecule has 1 aromatic carbocycles. The fraction of sp³-hybridized carbons (Fsp3) is 0.524. The average Bonchev–Trinajstić information content (AvgIpc) is 3.13. The average molecular weight is 380 g/mol. The number of nitrogens with zero attached hydrogens (tertiary/aromatic N) is 5. The molecule has 1 saturated heterocycles. The van der Waals surface area contributed by atoms with Crippen molar-refractivity contribution in [3.8, 4) is 0 Å². The maximum absolute atomic E-state index is 13.1. The van der Waals surface area contributed by atoms with Crippen LogP contribution in [0.4, 0.5) is 0 Å². The Morgan fingerprint density at radius 1 is 1.11 bits per heavy atom. The van der Waals surface area contributed by atoms with Crippen LogP contribution in [0.15, 0.2) is 29.1 Å². The van der Waals surface area contributed by atoms with Crippen LogP contribution in [0.5, 0.6) is 0 Å². The van der Waals surface area contributed by atoms with E-state index in [1.54, 1.807) is 0 Å². The summed E-state index contributed by atoms with van der Waals surface area (Å²) in [5, 5.41) is 13.6. The molecule has 1 fully saturated rings. The topological polar surface area (TPSA) is 79.7 Å². The highest BCUT2D eigenvalue weighted by molar-refractivity contribution is 5.79. The first-order valence-electron chi connectivity index (χ1n) is 10.0. The number of nitrogens with one attached hydrogen (secondary N) is 1. The van der Waals surface area contributed by atoms with E-state index in [0.717, 1.165) is 42.7 Å². The number of hydrogen-bond acceptors (Lipinski definition) is 5. The Morgan fingerprint density at radius 3 is 2.57 bits per heavy atom. The fourth-order valence-electron chi connectivity index (χ4n) is 4.06. The molecule has 0 spiro atoms. The molecule has 7 nitrogen and oxygen atoms in total. The second kappa shape index (κ2) is 7.13. The van der Waals surface area contributed by atoms with Crippen molar-refractivity contribution in [2.24, 2.45) is 0 Å². The molecule has 28 heavy (non-hydrogen) atoms. The molecule has 0 amide bonds. The van der Waals surface area contributed by atoms with E-state index in [9.17, 15) is 4.79 Å². The lowest BCUT2D eigenvalue weighted by Gasteiger charge is -2.35. The maximum atomic E-state index is 13.1. The zero-order valence-electron chi connectivity index (χ0n) is 17.1. The van der Waals surface area contributed by atoms with Gasteiger partial charge < -0.3 is 4.98 Å². The molecule has 0 aliphatic carbocycles. The number of piperidine rings is 1. The minimum atomic E-state index is -0.271. The number of benzene rings is 1. The summed E-state index contributed by atoms with van der Waals surface area (Å²) >= 11 is 0. The summed E-state index contributed by atoms with van der Waals surface area (Å²) in [6.07, 6.45) is 3.47. The second-order valence-electron chi connectivity index (χ2n) is 8.76. The van der Waals surface area contributed by atoms with Crippen molar-refractivity contribution in [1.82, 2.24) is 30.1 Å². The number of aromatic nitrogens is 5. The zero-order chi connectivity index (χ0) is 19.9. The van der Waals surface area contributed by atoms with Gasteiger partial charge in [0.1, 0.15) is 6.04 Å². The lowest BCUT2D eigenvalue weighted by molar-refractivity contribution is 0.170. The molecule has 1 aliphatic heterocycles. The predicted molar refractivity (Wildman–Crippen MR) is 109 cm³/mol. The van der Waals surface area contributed by atoms with Crippen molar-refractivity contribution in [2.75, 3.05) is 13.1 Å². The molecular formula is C21H28N6O. The van der Waals surface area contributed by atoms with E-state index < -0.39 is 0 Å². The van der Waals surface area contributed by atoms with Gasteiger partial charge in [0.05, 0.1) is 5.54 Å². The SMILES string of the molecule is Cc1ccc2[nH]c(=O)c([C@@H](c3nnnn3C(C)(C)C)N3CCCCC3)cc2c1. The number of aryl methyl sites for hydroxylation is 1. The Labute approximate surface area is 164 Å². The first-order valence-corrected chi connectivity index (χ1v) is 10.0. The van der Waals surface area contributed by atoms with Crippen molar-refractivity contribution in [3.05, 3.63) is 51.6 Å². The van der Waals surface area contributed by atoms with Crippen molar-refractivity contribution in [2.45, 2.75) is 58.5 Å². The van der Waals surface area contributed by atoms with E-state index in [1.165, 1.54) is 12.0 Å². The summed E-state index contributed by atoms with van der Waals surface area (Å²) in [5.74, 6) is 0.729. The van der Waals surface area contributed by atoms with Gasteiger partial charge in [-0.25, -0.2) is 4.68 Å². The van der Waals surface area contributed by atoms with Gasteiger partial charge >= 0.3 is 0 Å². The normalized spacial score (nSPS) is 17.1. The molecule has 0 radical (unpaired) electrons. The van der Waals surface area contributed by atoms with E-state index in [0.29, 0.717) is 5.56 Å². The Balaban J connectivity index is 1.92. The van der Waals surface area contributed by atoms with Gasteiger partial charge in [-0.3, -0.25) is 9.69 Å². The van der Waals surface area contributed by atoms with Crippen molar-refractivity contribution in [3.63, 3.8) is 0 Å². The first kappa shape index (κ1) is 18.8. The van der Waals surface area contributed by atoms with Crippen LogP contribution >= 0.6 is 0 Å². The molecule has 1 N–H and O–H groups in total. The molecule has 7 heteroatoms. The zero-order valence-corrected chi connectivity index (χ0v) is 17.1. The fourth-order valence-corrected chi connectivity index (χ4v) is 4.06. The summed E-state index contributed by atoms with van der Waals surface area (Å²) in [6.45, 7) is 10.2. The van der Waals surface area contributed by atoms with Crippen molar-refractivity contribution >= 4 is 10.9 Å². The smallest absolute Gasteiger partial charge is 0.253 e. The summed E-state index contributed by atoms with van der Waals surface area (Å²) in [7, 11) is 0. The van der Waals surface area contributed by atoms with Crippen molar-refractivity contribution in [1.29, 1.82) is 0 Å². The van der Waals surface area contributed by atoms with Crippen LogP contribution in [0.2, 0.25) is 0 Å². The van der Waals surface area contributed by atoms with Gasteiger partial charge in [0.25, 0.3) is 5.56 Å². The second-order valence-corrected chi connectivity index (χ2v) is 8.76. The number of fused-ring (bicyclic) bond motifs is 1. The summed E-state index contributed by atoms with van der Waals surface area (Å²) in [5.41, 5.74) is 2.38. The van der Waals surface area contributed by atoms with Gasteiger partial charge in [0.2, 0.25) is 0 Å². The molecule has 1 aliphatic rings. The molecule has 1 atom stereocenters. The number of pyridine rings is 1. The molecule has 0 unspecified atom stereocenters. The first-order chi connectivity index (χ1) is 13.3. The predicted octanol–water partition coefficient (Wildman–Crippen LogP) is 3.15. The maximum Gasteiger partial charge on any atom is 0.253 e. The van der Waals surface area contributed by atoms with Crippen LogP contribution in [0, 0.1) is 6.92 Å². The summed E-state index contributed by atoms with van der Waals surface area (Å²) in [4.78, 5) is 18.5. The van der Waals surface area contributed by atoms with Gasteiger partial charge in [0, 0.05) is 11.1 Å². The van der Waals surface area contributed by atoms with E-state index >= 15 is 0 Å². The van der Waals surface area contributed by atoms with E-state index in [4.69, 9.17) is 0 Å². The van der Waals surface area contributed by atoms with Gasteiger partial charge in [0.15, 0.2) is 5.82 Å². The summed E-state index contributed by atoms with van der Waals surface area (Å²) in [6, 6.07) is 7.84. The third kappa shape index (κ3) is 3.46. The number of H-pyrrole nitrogens is 1. The molecular weight excluding hydrogens is 352 g/mol. The number of rotatable bonds is 3. The quantitative estimate of drug-likeness (QED) is 0.755. The molecule has 148 valence electrons. The van der Waals surface area contributed by atoms with Gasteiger partial charge in [-0.15, -0.1) is 5.10 Å². The molecule has 3 heterocycles. The molecule has 3 aromatic rings. The molecule has 0 saturated carbocycles. The number of likely N-dealkylation sites (tertiary alicyclic amines) is 1. The number of aromatic amines is 1. The lowest BCUT2D eigenvalue weighted by atomic mass is 9.99. The Morgan fingerprint density at radius 2 is 1.86 bits per heavy atom. The highest BCUT2D eigenvalue weighted by Gasteiger charge is 2.33. The Hall–Kier alpha value is -2.54. The Kier molecular flexibility index (Phi) is 4.79. The molecule has 2 aromatic heterocycles. The van der Waals surface area contributed by atoms with Crippen LogP contribution < -0.4 is 5.56 Å². The number of hydrogen-bond donors (Lipinski definition) is 1. The van der Waals surface area contributed by atoms with Crippen LogP contribution in [-0.4, -0.2) is 43.2 Å². The minimum absolute atomic E-state index is 0.0737. The lowest BCUT2D eigenvalue weighted by Crippen LogP contribution is -2.40. The summed E-state index contributed by atoms with van der Waals surface area (Å²) < 4.78 is 1.85. The van der Waals surface area contributed by atoms with Crippen LogP contribution in [0.25, 0.3) is 10.9 Å². The van der Waals surface area contributed by atoms with Crippen molar-refractivity contribution < 1.29 is 0 Å². The molecule has 0 bridgehead atoms. The van der Waals surface area contributed by atoms with Gasteiger partial charge in [-0.05, 0) is 87.6 Å². The third-order valence-corrected chi connectivity index (χ3v) is 5.45. The van der Waals surface area contributed by atoms with Crippen LogP contribution in [0.1, 0.15) is 63.0 Å². The largest absolute Gasteiger partial charge is 0.322 e. The standard InChI is InChI=1S/C21H28N6O/c1-14-8-9-17-15(12-14)13-16(20(28)22-17)18(26-10-6-5-7-11-26)19-23-24-25-27(19)21(2,3)4/h8-9,12-13,18H,5-7,10-11H2,1-4H3,(H,22,28)/t18-/m0/s1. The molecule has 4 rings (SSSR count). The van der Waals surface area contributed by atoms with Crippen LogP contribution in [-0.2, 0) is 5.54 Å². The third-order valence-electron chi connectivity index (χ3n) is 5.45. The highest BCUT2D eigenvalue weighted by atomic mass is 16.1. The highest BCUT2D eigenvalue weighted by Crippen LogP contribution is 2.31. The monoisotopic (exact) mass is 380 g/mol. The Bertz CT molecular complexity index is 1040. The van der Waals surface area contributed by atoms with Gasteiger partial charge in [-0.2, -0.15) is 0 Å².